The first-order chi connectivity index (χ1) is 10.2. The minimum Gasteiger partial charge on any atom is -0.336 e. The van der Waals surface area contributed by atoms with Gasteiger partial charge in [-0.15, -0.1) is 0 Å². The van der Waals surface area contributed by atoms with Crippen LogP contribution in [0.15, 0.2) is 29.2 Å². The molecule has 22 heavy (non-hydrogen) atoms. The van der Waals surface area contributed by atoms with Gasteiger partial charge in [0, 0.05) is 24.2 Å². The maximum atomic E-state index is 12.5. The molecule has 0 atom stereocenters. The van der Waals surface area contributed by atoms with Crippen LogP contribution in [-0.2, 0) is 14.8 Å². The van der Waals surface area contributed by atoms with Crippen LogP contribution in [0.4, 0.5) is 0 Å². The van der Waals surface area contributed by atoms with E-state index in [-0.39, 0.29) is 29.4 Å². The largest absolute Gasteiger partial charge is 0.336 e. The van der Waals surface area contributed by atoms with E-state index >= 15 is 0 Å². The smallest absolute Gasteiger partial charge is 0.243 e. The third-order valence-electron chi connectivity index (χ3n) is 3.66. The molecule has 0 N–H and O–H groups in total. The number of nitrogens with zero attached hydrogens (tertiary/aromatic N) is 2. The molecule has 0 heterocycles. The molecular formula is C15H21ClN2O3S. The number of carbonyl (C=O) groups excluding carboxylic acids is 1. The summed E-state index contributed by atoms with van der Waals surface area (Å²) >= 11 is 5.77. The Balaban J connectivity index is 2.11. The summed E-state index contributed by atoms with van der Waals surface area (Å²) in [5.41, 5.74) is 0. The summed E-state index contributed by atoms with van der Waals surface area (Å²) in [5, 5.41) is 0.470. The number of rotatable bonds is 6. The second kappa shape index (κ2) is 6.56. The Morgan fingerprint density at radius 1 is 1.27 bits per heavy atom. The van der Waals surface area contributed by atoms with Gasteiger partial charge in [-0.1, -0.05) is 11.6 Å². The number of hydrogen-bond acceptors (Lipinski definition) is 3. The van der Waals surface area contributed by atoms with Gasteiger partial charge in [0.1, 0.15) is 0 Å². The summed E-state index contributed by atoms with van der Waals surface area (Å²) < 4.78 is 26.0. The minimum absolute atomic E-state index is 0.0756. The number of halogens is 1. The maximum Gasteiger partial charge on any atom is 0.243 e. The van der Waals surface area contributed by atoms with Crippen molar-refractivity contribution in [1.82, 2.24) is 9.21 Å². The molecule has 1 fully saturated rings. The van der Waals surface area contributed by atoms with Gasteiger partial charge in [-0.2, -0.15) is 4.31 Å². The van der Waals surface area contributed by atoms with Gasteiger partial charge < -0.3 is 4.90 Å². The van der Waals surface area contributed by atoms with Gasteiger partial charge in [-0.05, 0) is 51.0 Å². The molecule has 1 aromatic rings. The molecular weight excluding hydrogens is 324 g/mol. The summed E-state index contributed by atoms with van der Waals surface area (Å²) in [7, 11) is -2.26. The van der Waals surface area contributed by atoms with Crippen molar-refractivity contribution < 1.29 is 13.2 Å². The van der Waals surface area contributed by atoms with E-state index in [1.807, 2.05) is 13.8 Å². The van der Waals surface area contributed by atoms with Crippen molar-refractivity contribution in [3.8, 4) is 0 Å². The van der Waals surface area contributed by atoms with Gasteiger partial charge in [-0.25, -0.2) is 8.42 Å². The van der Waals surface area contributed by atoms with Crippen molar-refractivity contribution in [3.05, 3.63) is 29.3 Å². The zero-order valence-corrected chi connectivity index (χ0v) is 14.6. The maximum absolute atomic E-state index is 12.5. The molecule has 0 unspecified atom stereocenters. The Bertz CT molecular complexity index is 637. The van der Waals surface area contributed by atoms with Gasteiger partial charge in [0.05, 0.1) is 11.4 Å². The van der Waals surface area contributed by atoms with E-state index in [1.54, 1.807) is 4.90 Å². The molecule has 7 heteroatoms. The number of carbonyl (C=O) groups is 1. The Labute approximate surface area is 136 Å². The molecule has 1 aliphatic rings. The predicted octanol–water partition coefficient (Wildman–Crippen LogP) is 2.36. The lowest BCUT2D eigenvalue weighted by atomic mass is 10.3. The number of benzene rings is 1. The fourth-order valence-corrected chi connectivity index (χ4v) is 3.66. The topological polar surface area (TPSA) is 57.7 Å². The van der Waals surface area contributed by atoms with Gasteiger partial charge in [0.15, 0.2) is 0 Å². The molecule has 0 radical (unpaired) electrons. The van der Waals surface area contributed by atoms with Crippen LogP contribution in [0, 0.1) is 0 Å². The summed E-state index contributed by atoms with van der Waals surface area (Å²) in [4.78, 5) is 14.3. The predicted molar refractivity (Wildman–Crippen MR) is 86.3 cm³/mol. The van der Waals surface area contributed by atoms with Crippen LogP contribution in [0.25, 0.3) is 0 Å². The number of hydrogen-bond donors (Lipinski definition) is 0. The van der Waals surface area contributed by atoms with E-state index in [2.05, 4.69) is 0 Å². The van der Waals surface area contributed by atoms with Crippen LogP contribution in [0.1, 0.15) is 26.7 Å². The van der Waals surface area contributed by atoms with E-state index in [0.29, 0.717) is 5.02 Å². The van der Waals surface area contributed by atoms with Gasteiger partial charge in [0.2, 0.25) is 15.9 Å². The van der Waals surface area contributed by atoms with Crippen molar-refractivity contribution in [3.63, 3.8) is 0 Å². The summed E-state index contributed by atoms with van der Waals surface area (Å²) in [6.07, 6.45) is 2.00. The Hall–Kier alpha value is -1.11. The first-order valence-corrected chi connectivity index (χ1v) is 9.08. The molecule has 0 aliphatic heterocycles. The van der Waals surface area contributed by atoms with Crippen LogP contribution < -0.4 is 0 Å². The van der Waals surface area contributed by atoms with Gasteiger partial charge in [0.25, 0.3) is 0 Å². The standard InChI is InChI=1S/C15H21ClN2O3S/c1-11(2)18(13-6-7-13)15(19)10-17(3)22(20,21)14-8-4-12(16)5-9-14/h4-5,8-9,11,13H,6-7,10H2,1-3H3. The molecule has 5 nitrogen and oxygen atoms in total. The SMILES string of the molecule is CC(C)N(C(=O)CN(C)S(=O)(=O)c1ccc(Cl)cc1)C1CC1. The fourth-order valence-electron chi connectivity index (χ4n) is 2.41. The zero-order valence-electron chi connectivity index (χ0n) is 13.0. The first kappa shape index (κ1) is 17.2. The monoisotopic (exact) mass is 344 g/mol. The molecule has 1 saturated carbocycles. The van der Waals surface area contributed by atoms with Crippen LogP contribution in [0.2, 0.25) is 5.02 Å². The fraction of sp³-hybridized carbons (Fsp3) is 0.533. The molecule has 0 spiro atoms. The van der Waals surface area contributed by atoms with Crippen LogP contribution in [0.5, 0.6) is 0 Å². The van der Waals surface area contributed by atoms with Crippen LogP contribution >= 0.6 is 11.6 Å². The average Bonchev–Trinajstić information content (AvgIpc) is 3.23. The Morgan fingerprint density at radius 2 is 1.82 bits per heavy atom. The highest BCUT2D eigenvalue weighted by Crippen LogP contribution is 2.29. The second-order valence-electron chi connectivity index (χ2n) is 5.84. The van der Waals surface area contributed by atoms with E-state index < -0.39 is 10.0 Å². The lowest BCUT2D eigenvalue weighted by molar-refractivity contribution is -0.133. The molecule has 1 amide bonds. The van der Waals surface area contributed by atoms with Crippen molar-refractivity contribution in [2.45, 2.75) is 43.7 Å². The quantitative estimate of drug-likeness (QED) is 0.796. The summed E-state index contributed by atoms with van der Waals surface area (Å²) in [6.45, 7) is 3.74. The normalized spacial score (nSPS) is 15.4. The summed E-state index contributed by atoms with van der Waals surface area (Å²) in [5.74, 6) is -0.155. The van der Waals surface area contributed by atoms with Crippen LogP contribution in [0.3, 0.4) is 0 Å². The van der Waals surface area contributed by atoms with Crippen molar-refractivity contribution in [2.75, 3.05) is 13.6 Å². The highest BCUT2D eigenvalue weighted by molar-refractivity contribution is 7.89. The highest BCUT2D eigenvalue weighted by Gasteiger charge is 2.35. The molecule has 0 saturated heterocycles. The lowest BCUT2D eigenvalue weighted by Gasteiger charge is -2.28. The summed E-state index contributed by atoms with van der Waals surface area (Å²) in [6, 6.07) is 6.27. The average molecular weight is 345 g/mol. The number of amides is 1. The van der Waals surface area contributed by atoms with E-state index in [0.717, 1.165) is 17.1 Å². The lowest BCUT2D eigenvalue weighted by Crippen LogP contribution is -2.45. The number of likely N-dealkylation sites (N-methyl/N-ethyl adjacent to an activating group) is 1. The molecule has 122 valence electrons. The van der Waals surface area contributed by atoms with Crippen LogP contribution in [-0.4, -0.2) is 49.2 Å². The van der Waals surface area contributed by atoms with E-state index in [1.165, 1.54) is 31.3 Å². The second-order valence-corrected chi connectivity index (χ2v) is 8.32. The molecule has 0 aromatic heterocycles. The Morgan fingerprint density at radius 3 is 2.27 bits per heavy atom. The third-order valence-corrected chi connectivity index (χ3v) is 5.73. The van der Waals surface area contributed by atoms with Crippen molar-refractivity contribution in [1.29, 1.82) is 0 Å². The van der Waals surface area contributed by atoms with Crippen molar-refractivity contribution in [2.24, 2.45) is 0 Å². The number of sulfonamides is 1. The zero-order chi connectivity index (χ0) is 16.5. The van der Waals surface area contributed by atoms with E-state index in [9.17, 15) is 13.2 Å². The minimum atomic E-state index is -3.69. The Kier molecular flexibility index (Phi) is 5.14. The first-order valence-electron chi connectivity index (χ1n) is 7.26. The molecule has 0 bridgehead atoms. The molecule has 2 rings (SSSR count). The van der Waals surface area contributed by atoms with E-state index in [4.69, 9.17) is 11.6 Å². The molecule has 1 aromatic carbocycles. The molecule has 1 aliphatic carbocycles. The van der Waals surface area contributed by atoms with Gasteiger partial charge >= 0.3 is 0 Å². The third kappa shape index (κ3) is 3.80. The van der Waals surface area contributed by atoms with Gasteiger partial charge in [-0.3, -0.25) is 4.79 Å². The van der Waals surface area contributed by atoms with Crippen molar-refractivity contribution >= 4 is 27.5 Å². The highest BCUT2D eigenvalue weighted by atomic mass is 35.5.